The van der Waals surface area contributed by atoms with Crippen molar-refractivity contribution in [2.75, 3.05) is 25.2 Å². The van der Waals surface area contributed by atoms with E-state index in [9.17, 15) is 4.39 Å². The van der Waals surface area contributed by atoms with Crippen molar-refractivity contribution < 1.29 is 9.13 Å². The van der Waals surface area contributed by atoms with Gasteiger partial charge in [-0.05, 0) is 65.5 Å². The second kappa shape index (κ2) is 6.57. The third-order valence-corrected chi connectivity index (χ3v) is 6.76. The van der Waals surface area contributed by atoms with Crippen LogP contribution in [-0.2, 0) is 4.74 Å². The third-order valence-electron chi connectivity index (χ3n) is 4.70. The highest BCUT2D eigenvalue weighted by molar-refractivity contribution is 9.10. The van der Waals surface area contributed by atoms with E-state index in [1.54, 1.807) is 6.07 Å². The monoisotopic (exact) mass is 373 g/mol. The van der Waals surface area contributed by atoms with Crippen LogP contribution in [-0.4, -0.2) is 30.8 Å². The van der Waals surface area contributed by atoms with Crippen molar-refractivity contribution in [2.45, 2.75) is 30.9 Å². The molecule has 2 aliphatic rings. The SMILES string of the molecule is CNC(c1cccc(F)c1Br)C1CCOC2(CCSC2)C1. The second-order valence-corrected chi connectivity index (χ2v) is 7.89. The quantitative estimate of drug-likeness (QED) is 0.859. The minimum absolute atomic E-state index is 0.0580. The van der Waals surface area contributed by atoms with E-state index in [2.05, 4.69) is 21.2 Å². The molecule has 116 valence electrons. The maximum atomic E-state index is 13.8. The number of ether oxygens (including phenoxy) is 1. The van der Waals surface area contributed by atoms with E-state index in [0.29, 0.717) is 10.4 Å². The lowest BCUT2D eigenvalue weighted by molar-refractivity contribution is -0.0851. The van der Waals surface area contributed by atoms with E-state index in [4.69, 9.17) is 4.74 Å². The summed E-state index contributed by atoms with van der Waals surface area (Å²) in [5.74, 6) is 2.59. The van der Waals surface area contributed by atoms with Crippen LogP contribution in [0.2, 0.25) is 0 Å². The number of halogens is 2. The van der Waals surface area contributed by atoms with Crippen molar-refractivity contribution >= 4 is 27.7 Å². The summed E-state index contributed by atoms with van der Waals surface area (Å²) in [5.41, 5.74) is 1.08. The Morgan fingerprint density at radius 3 is 3.10 bits per heavy atom. The summed E-state index contributed by atoms with van der Waals surface area (Å²) in [6.07, 6.45) is 3.24. The molecule has 2 heterocycles. The molecule has 1 aromatic carbocycles. The van der Waals surface area contributed by atoms with Crippen LogP contribution in [0, 0.1) is 11.7 Å². The molecule has 0 radical (unpaired) electrons. The van der Waals surface area contributed by atoms with Gasteiger partial charge in [0.15, 0.2) is 0 Å². The minimum Gasteiger partial charge on any atom is -0.374 e. The Balaban J connectivity index is 1.84. The van der Waals surface area contributed by atoms with Gasteiger partial charge in [-0.2, -0.15) is 11.8 Å². The first-order valence-electron chi connectivity index (χ1n) is 7.48. The molecular formula is C16H21BrFNOS. The van der Waals surface area contributed by atoms with Crippen molar-refractivity contribution in [1.82, 2.24) is 5.32 Å². The Morgan fingerprint density at radius 1 is 1.52 bits per heavy atom. The molecular weight excluding hydrogens is 353 g/mol. The normalized spacial score (nSPS) is 30.7. The summed E-state index contributed by atoms with van der Waals surface area (Å²) in [5, 5.41) is 3.40. The molecule has 1 aromatic rings. The first kappa shape index (κ1) is 15.8. The lowest BCUT2D eigenvalue weighted by Gasteiger charge is -2.41. The molecule has 1 spiro atoms. The molecule has 2 saturated heterocycles. The first-order valence-corrected chi connectivity index (χ1v) is 9.43. The highest BCUT2D eigenvalue weighted by atomic mass is 79.9. The highest BCUT2D eigenvalue weighted by Crippen LogP contribution is 2.44. The van der Waals surface area contributed by atoms with Crippen molar-refractivity contribution in [1.29, 1.82) is 0 Å². The molecule has 3 unspecified atom stereocenters. The molecule has 1 N–H and O–H groups in total. The van der Waals surface area contributed by atoms with Crippen LogP contribution in [0.3, 0.4) is 0 Å². The van der Waals surface area contributed by atoms with Gasteiger partial charge >= 0.3 is 0 Å². The van der Waals surface area contributed by atoms with Gasteiger partial charge in [0.2, 0.25) is 0 Å². The molecule has 0 aromatic heterocycles. The van der Waals surface area contributed by atoms with Crippen LogP contribution in [0.5, 0.6) is 0 Å². The molecule has 5 heteroatoms. The smallest absolute Gasteiger partial charge is 0.137 e. The first-order chi connectivity index (χ1) is 10.2. The molecule has 2 aliphatic heterocycles. The standard InChI is InChI=1S/C16H21BrFNOS/c1-19-15(12-3-2-4-13(18)14(12)17)11-5-7-20-16(9-11)6-8-21-10-16/h2-4,11,15,19H,5-10H2,1H3. The van der Waals surface area contributed by atoms with E-state index in [1.165, 1.54) is 11.8 Å². The highest BCUT2D eigenvalue weighted by Gasteiger charge is 2.42. The topological polar surface area (TPSA) is 21.3 Å². The van der Waals surface area contributed by atoms with E-state index in [1.807, 2.05) is 24.9 Å². The van der Waals surface area contributed by atoms with Gasteiger partial charge in [-0.25, -0.2) is 4.39 Å². The van der Waals surface area contributed by atoms with Gasteiger partial charge in [-0.1, -0.05) is 12.1 Å². The van der Waals surface area contributed by atoms with Crippen molar-refractivity contribution in [3.8, 4) is 0 Å². The fourth-order valence-corrected chi connectivity index (χ4v) is 5.51. The molecule has 2 nitrogen and oxygen atoms in total. The number of benzene rings is 1. The van der Waals surface area contributed by atoms with Gasteiger partial charge in [-0.3, -0.25) is 0 Å². The summed E-state index contributed by atoms with van der Waals surface area (Å²) in [6.45, 7) is 0.816. The minimum atomic E-state index is -0.189. The Morgan fingerprint density at radius 2 is 2.38 bits per heavy atom. The number of thioether (sulfide) groups is 1. The summed E-state index contributed by atoms with van der Waals surface area (Å²) >= 11 is 5.40. The van der Waals surface area contributed by atoms with E-state index in [0.717, 1.165) is 37.2 Å². The lowest BCUT2D eigenvalue weighted by Crippen LogP contribution is -2.43. The lowest BCUT2D eigenvalue weighted by atomic mass is 9.79. The Hall–Kier alpha value is -0.100. The second-order valence-electron chi connectivity index (χ2n) is 6.00. The van der Waals surface area contributed by atoms with Gasteiger partial charge in [0, 0.05) is 18.4 Å². The number of nitrogens with one attached hydrogen (secondary N) is 1. The predicted molar refractivity (Wildman–Crippen MR) is 89.2 cm³/mol. The maximum Gasteiger partial charge on any atom is 0.137 e. The van der Waals surface area contributed by atoms with Gasteiger partial charge in [0.25, 0.3) is 0 Å². The zero-order valence-corrected chi connectivity index (χ0v) is 14.6. The molecule has 21 heavy (non-hydrogen) atoms. The van der Waals surface area contributed by atoms with Crippen LogP contribution in [0.4, 0.5) is 4.39 Å². The summed E-state index contributed by atoms with van der Waals surface area (Å²) in [6, 6.07) is 5.47. The van der Waals surface area contributed by atoms with Crippen molar-refractivity contribution in [3.05, 3.63) is 34.1 Å². The van der Waals surface area contributed by atoms with Crippen LogP contribution in [0.15, 0.2) is 22.7 Å². The van der Waals surface area contributed by atoms with Crippen LogP contribution < -0.4 is 5.32 Å². The number of hydrogen-bond acceptors (Lipinski definition) is 3. The molecule has 2 fully saturated rings. The molecule has 3 rings (SSSR count). The van der Waals surface area contributed by atoms with E-state index in [-0.39, 0.29) is 17.5 Å². The maximum absolute atomic E-state index is 13.8. The van der Waals surface area contributed by atoms with Crippen LogP contribution in [0.25, 0.3) is 0 Å². The Labute approximate surface area is 138 Å². The largest absolute Gasteiger partial charge is 0.374 e. The molecule has 0 aliphatic carbocycles. The van der Waals surface area contributed by atoms with Gasteiger partial charge in [0.1, 0.15) is 5.82 Å². The van der Waals surface area contributed by atoms with Crippen molar-refractivity contribution in [3.63, 3.8) is 0 Å². The number of hydrogen-bond donors (Lipinski definition) is 1. The summed E-state index contributed by atoms with van der Waals surface area (Å²) in [4.78, 5) is 0. The third kappa shape index (κ3) is 3.16. The van der Waals surface area contributed by atoms with Gasteiger partial charge in [-0.15, -0.1) is 0 Å². The number of rotatable bonds is 3. The van der Waals surface area contributed by atoms with Crippen LogP contribution >= 0.6 is 27.7 Å². The van der Waals surface area contributed by atoms with Crippen LogP contribution in [0.1, 0.15) is 30.9 Å². The molecule has 0 saturated carbocycles. The fourth-order valence-electron chi connectivity index (χ4n) is 3.62. The summed E-state index contributed by atoms with van der Waals surface area (Å²) in [7, 11) is 1.97. The van der Waals surface area contributed by atoms with Gasteiger partial charge < -0.3 is 10.1 Å². The molecule has 3 atom stereocenters. The molecule has 0 amide bonds. The van der Waals surface area contributed by atoms with E-state index < -0.39 is 0 Å². The average Bonchev–Trinajstić information content (AvgIpc) is 2.92. The molecule has 0 bridgehead atoms. The van der Waals surface area contributed by atoms with Crippen molar-refractivity contribution in [2.24, 2.45) is 5.92 Å². The Kier molecular flexibility index (Phi) is 4.94. The fraction of sp³-hybridized carbons (Fsp3) is 0.625. The average molecular weight is 374 g/mol. The predicted octanol–water partition coefficient (Wildman–Crippen LogP) is 4.15. The van der Waals surface area contributed by atoms with Gasteiger partial charge in [0.05, 0.1) is 10.1 Å². The summed E-state index contributed by atoms with van der Waals surface area (Å²) < 4.78 is 20.5. The zero-order valence-electron chi connectivity index (χ0n) is 12.2. The Bertz CT molecular complexity index is 507. The van der Waals surface area contributed by atoms with E-state index >= 15 is 0 Å². The zero-order chi connectivity index (χ0) is 14.9.